The third-order valence-electron chi connectivity index (χ3n) is 5.00. The van der Waals surface area contributed by atoms with Gasteiger partial charge in [0, 0.05) is 46.3 Å². The molecule has 1 aliphatic heterocycles. The predicted octanol–water partition coefficient (Wildman–Crippen LogP) is 4.97. The van der Waals surface area contributed by atoms with E-state index in [2.05, 4.69) is 45.5 Å². The largest absolute Gasteiger partial charge is 0.361 e. The van der Waals surface area contributed by atoms with Crippen LogP contribution in [0.25, 0.3) is 11.2 Å². The number of amides is 1. The monoisotopic (exact) mass is 510 g/mol. The molecule has 1 saturated heterocycles. The summed E-state index contributed by atoms with van der Waals surface area (Å²) >= 11 is 3.34. The molecular weight excluding hydrogens is 476 g/mol. The maximum Gasteiger partial charge on any atom is 0.222 e. The number of likely N-dealkylation sites (tertiary alicyclic amines) is 1. The van der Waals surface area contributed by atoms with Crippen molar-refractivity contribution in [3.8, 4) is 0 Å². The molecule has 0 radical (unpaired) electrons. The number of rotatable bonds is 6. The minimum Gasteiger partial charge on any atom is -0.361 e. The van der Waals surface area contributed by atoms with Gasteiger partial charge in [-0.25, -0.2) is 9.97 Å². The number of fused-ring (bicyclic) bond motifs is 1. The second kappa shape index (κ2) is 10.4. The summed E-state index contributed by atoms with van der Waals surface area (Å²) in [6.07, 6.45) is 5.28. The first kappa shape index (κ1) is 25.7. The molecule has 172 valence electrons. The molecule has 0 N–H and O–H groups in total. The highest BCUT2D eigenvalue weighted by Gasteiger charge is 2.27. The fraction of sp³-hybridized carbons (Fsp3) is 0.636. The molecule has 1 fully saturated rings. The van der Waals surface area contributed by atoms with Crippen LogP contribution in [0.2, 0.25) is 25.7 Å². The maximum absolute atomic E-state index is 12.7. The lowest BCUT2D eigenvalue weighted by molar-refractivity contribution is -0.126. The molecule has 1 aliphatic rings. The van der Waals surface area contributed by atoms with Crippen molar-refractivity contribution in [2.24, 2.45) is 5.41 Å². The van der Waals surface area contributed by atoms with E-state index in [1.54, 1.807) is 11.1 Å². The van der Waals surface area contributed by atoms with Crippen molar-refractivity contribution in [1.29, 1.82) is 0 Å². The smallest absolute Gasteiger partial charge is 0.222 e. The van der Waals surface area contributed by atoms with Crippen molar-refractivity contribution in [3.63, 3.8) is 0 Å². The molecule has 0 spiro atoms. The highest BCUT2D eigenvalue weighted by molar-refractivity contribution is 9.10. The minimum atomic E-state index is -1.12. The maximum atomic E-state index is 12.7. The topological polar surface area (TPSA) is 77.3 Å². The van der Waals surface area contributed by atoms with Gasteiger partial charge in [-0.3, -0.25) is 9.59 Å². The summed E-state index contributed by atoms with van der Waals surface area (Å²) in [5, 5.41) is 0. The van der Waals surface area contributed by atoms with Gasteiger partial charge in [-0.1, -0.05) is 40.4 Å². The second-order valence-corrected chi connectivity index (χ2v) is 16.7. The number of hydrogen-bond acceptors (Lipinski definition) is 5. The van der Waals surface area contributed by atoms with E-state index in [1.165, 1.54) is 0 Å². The van der Waals surface area contributed by atoms with Gasteiger partial charge in [-0.15, -0.1) is 0 Å². The summed E-state index contributed by atoms with van der Waals surface area (Å²) in [6.45, 7) is 14.8. The summed E-state index contributed by atoms with van der Waals surface area (Å²) in [7, 11) is 0.726. The first-order chi connectivity index (χ1) is 14.3. The van der Waals surface area contributed by atoms with E-state index >= 15 is 0 Å². The Bertz CT molecular complexity index is 931. The van der Waals surface area contributed by atoms with Gasteiger partial charge < -0.3 is 14.2 Å². The SMILES string of the molecule is CC(C)(C)C(=O)c1cn(COCC[Si](C)(C)C)c2ncc(Br)nc12.CN1CCCC1=O. The molecule has 1 amide bonds. The number of aromatic nitrogens is 3. The Kier molecular flexibility index (Phi) is 8.58. The van der Waals surface area contributed by atoms with Gasteiger partial charge in [0.25, 0.3) is 0 Å². The fourth-order valence-electron chi connectivity index (χ4n) is 3.02. The molecule has 0 atom stereocenters. The van der Waals surface area contributed by atoms with Crippen LogP contribution in [0.15, 0.2) is 17.0 Å². The molecule has 3 heterocycles. The summed E-state index contributed by atoms with van der Waals surface area (Å²) in [5.74, 6) is 0.348. The second-order valence-electron chi connectivity index (χ2n) is 10.2. The van der Waals surface area contributed by atoms with E-state index in [-0.39, 0.29) is 5.78 Å². The quantitative estimate of drug-likeness (QED) is 0.311. The Morgan fingerprint density at radius 3 is 2.45 bits per heavy atom. The normalized spacial score (nSPS) is 14.7. The lowest BCUT2D eigenvalue weighted by Gasteiger charge is -2.16. The van der Waals surface area contributed by atoms with Gasteiger partial charge in [0.1, 0.15) is 16.9 Å². The Labute approximate surface area is 194 Å². The number of carbonyl (C=O) groups is 2. The Morgan fingerprint density at radius 2 is 1.97 bits per heavy atom. The Hall–Kier alpha value is -1.58. The standard InChI is InChI=1S/C17H26BrN3O2Si.C5H9NO/c1-17(2,3)15(22)12-10-21(11-23-7-8-24(4,5)6)16-14(12)20-13(18)9-19-16;1-6-4-2-3-5(6)7/h9-10H,7-8,11H2,1-6H3;2-4H2,1H3. The lowest BCUT2D eigenvalue weighted by Crippen LogP contribution is -2.22. The molecule has 9 heteroatoms. The van der Waals surface area contributed by atoms with E-state index in [0.717, 1.165) is 32.0 Å². The zero-order chi connectivity index (χ0) is 23.4. The van der Waals surface area contributed by atoms with E-state index in [1.807, 2.05) is 38.6 Å². The molecule has 2 aromatic rings. The van der Waals surface area contributed by atoms with Crippen molar-refractivity contribution in [2.75, 3.05) is 20.2 Å². The Morgan fingerprint density at radius 1 is 1.29 bits per heavy atom. The van der Waals surface area contributed by atoms with Gasteiger partial charge >= 0.3 is 0 Å². The van der Waals surface area contributed by atoms with Crippen LogP contribution >= 0.6 is 15.9 Å². The average Bonchev–Trinajstić information content (AvgIpc) is 3.20. The molecule has 0 aliphatic carbocycles. The van der Waals surface area contributed by atoms with E-state index in [4.69, 9.17) is 4.74 Å². The van der Waals surface area contributed by atoms with E-state index < -0.39 is 13.5 Å². The zero-order valence-corrected chi connectivity index (χ0v) is 22.4. The van der Waals surface area contributed by atoms with Crippen LogP contribution in [0, 0.1) is 5.41 Å². The van der Waals surface area contributed by atoms with Crippen LogP contribution in [0.1, 0.15) is 44.0 Å². The molecule has 0 bridgehead atoms. The van der Waals surface area contributed by atoms with Crippen molar-refractivity contribution in [3.05, 3.63) is 22.6 Å². The van der Waals surface area contributed by atoms with Gasteiger partial charge in [0.05, 0.1) is 11.8 Å². The van der Waals surface area contributed by atoms with Crippen molar-refractivity contribution in [2.45, 2.75) is 66.0 Å². The van der Waals surface area contributed by atoms with Crippen molar-refractivity contribution in [1.82, 2.24) is 19.4 Å². The highest BCUT2D eigenvalue weighted by atomic mass is 79.9. The average molecular weight is 512 g/mol. The van der Waals surface area contributed by atoms with Crippen molar-refractivity contribution >= 4 is 46.9 Å². The molecule has 0 saturated carbocycles. The fourth-order valence-corrected chi connectivity index (χ4v) is 4.06. The zero-order valence-electron chi connectivity index (χ0n) is 19.8. The van der Waals surface area contributed by atoms with Gasteiger partial charge in [0.15, 0.2) is 11.4 Å². The number of hydrogen-bond donors (Lipinski definition) is 0. The third kappa shape index (κ3) is 7.50. The summed E-state index contributed by atoms with van der Waals surface area (Å²) in [6, 6.07) is 1.11. The van der Waals surface area contributed by atoms with Gasteiger partial charge in [-0.05, 0) is 28.4 Å². The van der Waals surface area contributed by atoms with Crippen LogP contribution in [0.3, 0.4) is 0 Å². The third-order valence-corrected chi connectivity index (χ3v) is 7.08. The lowest BCUT2D eigenvalue weighted by atomic mass is 9.87. The molecule has 0 unspecified atom stereocenters. The molecule has 31 heavy (non-hydrogen) atoms. The van der Waals surface area contributed by atoms with Crippen molar-refractivity contribution < 1.29 is 14.3 Å². The number of ketones is 1. The summed E-state index contributed by atoms with van der Waals surface area (Å²) in [5.41, 5.74) is 1.43. The first-order valence-electron chi connectivity index (χ1n) is 10.7. The number of halogens is 1. The first-order valence-corrected chi connectivity index (χ1v) is 15.2. The van der Waals surface area contributed by atoms with E-state index in [9.17, 15) is 9.59 Å². The molecule has 0 aromatic carbocycles. The predicted molar refractivity (Wildman–Crippen MR) is 130 cm³/mol. The highest BCUT2D eigenvalue weighted by Crippen LogP contribution is 2.27. The van der Waals surface area contributed by atoms with Crippen LogP contribution in [-0.4, -0.2) is 59.4 Å². The van der Waals surface area contributed by atoms with Gasteiger partial charge in [-0.2, -0.15) is 0 Å². The minimum absolute atomic E-state index is 0.0562. The van der Waals surface area contributed by atoms with Crippen LogP contribution in [-0.2, 0) is 16.3 Å². The molecular formula is C22H35BrN4O3Si. The van der Waals surface area contributed by atoms with Crippen LogP contribution in [0.5, 0.6) is 0 Å². The summed E-state index contributed by atoms with van der Waals surface area (Å²) in [4.78, 5) is 33.9. The van der Waals surface area contributed by atoms with Crippen LogP contribution in [0.4, 0.5) is 0 Å². The van der Waals surface area contributed by atoms with Gasteiger partial charge in [0.2, 0.25) is 5.91 Å². The number of nitrogens with zero attached hydrogens (tertiary/aromatic N) is 4. The molecule has 7 nitrogen and oxygen atoms in total. The summed E-state index contributed by atoms with van der Waals surface area (Å²) < 4.78 is 8.31. The number of Topliss-reactive ketones (excluding diaryl/α,β-unsaturated/α-hetero) is 1. The van der Waals surface area contributed by atoms with Crippen LogP contribution < -0.4 is 0 Å². The molecule has 3 rings (SSSR count). The Balaban J connectivity index is 0.000000412. The molecule has 2 aromatic heterocycles. The van der Waals surface area contributed by atoms with E-state index in [0.29, 0.717) is 34.0 Å². The number of carbonyl (C=O) groups excluding carboxylic acids is 2. The number of ether oxygens (including phenoxy) is 1.